The van der Waals surface area contributed by atoms with Gasteiger partial charge in [0.15, 0.2) is 14.7 Å². The summed E-state index contributed by atoms with van der Waals surface area (Å²) in [7, 11) is -0.114. The zero-order valence-electron chi connectivity index (χ0n) is 33.1. The Bertz CT molecular complexity index is 1140. The molecule has 0 atom stereocenters. The lowest BCUT2D eigenvalue weighted by atomic mass is 9.95. The molecule has 0 spiro atoms. The van der Waals surface area contributed by atoms with Gasteiger partial charge in [-0.05, 0) is 100 Å². The Morgan fingerprint density at radius 1 is 0.347 bits per heavy atom. The van der Waals surface area contributed by atoms with Crippen LogP contribution in [0.3, 0.4) is 0 Å². The molecule has 0 nitrogen and oxygen atoms in total. The van der Waals surface area contributed by atoms with E-state index in [-0.39, 0.29) is 10.9 Å². The molecule has 0 heterocycles. The van der Waals surface area contributed by atoms with Gasteiger partial charge in [0, 0.05) is 22.3 Å². The van der Waals surface area contributed by atoms with Crippen molar-refractivity contribution in [2.45, 2.75) is 210 Å². The van der Waals surface area contributed by atoms with Crippen LogP contribution >= 0.6 is 0 Å². The first-order chi connectivity index (χ1) is 24.1. The molecule has 0 aliphatic carbocycles. The number of aryl methyl sites for hydroxylation is 6. The van der Waals surface area contributed by atoms with E-state index in [0.717, 1.165) is 0 Å². The molecule has 0 aromatic heterocycles. The molecule has 0 saturated carbocycles. The molecular formula is C48H75S+. The number of hydrogen-bond donors (Lipinski definition) is 0. The van der Waals surface area contributed by atoms with Gasteiger partial charge < -0.3 is 0 Å². The Kier molecular flexibility index (Phi) is 21.2. The normalized spacial score (nSPS) is 11.6. The van der Waals surface area contributed by atoms with Crippen molar-refractivity contribution in [1.82, 2.24) is 0 Å². The van der Waals surface area contributed by atoms with Crippen LogP contribution in [0.2, 0.25) is 0 Å². The van der Waals surface area contributed by atoms with Crippen molar-refractivity contribution in [3.8, 4) is 0 Å². The first-order valence-corrected chi connectivity index (χ1v) is 22.4. The Labute approximate surface area is 308 Å². The van der Waals surface area contributed by atoms with Gasteiger partial charge in [0.1, 0.15) is 10.9 Å². The predicted molar refractivity (Wildman–Crippen MR) is 221 cm³/mol. The summed E-state index contributed by atoms with van der Waals surface area (Å²) in [5, 5.41) is 0. The van der Waals surface area contributed by atoms with E-state index in [2.05, 4.69) is 96.1 Å². The topological polar surface area (TPSA) is 0 Å². The van der Waals surface area contributed by atoms with Gasteiger partial charge in [-0.15, -0.1) is 0 Å². The van der Waals surface area contributed by atoms with Crippen molar-refractivity contribution >= 4 is 10.9 Å². The lowest BCUT2D eigenvalue weighted by molar-refractivity contribution is 0.685. The highest BCUT2D eigenvalue weighted by molar-refractivity contribution is 7.97. The standard InChI is InChI=1S/C48H75S/c1-7-13-20-28-40-36-42(30-22-15-9-3)47(43(37-40)31-23-16-10-4)49(46-34-26-19-27-35-46)48-44(32-24-17-11-5)38-41(29-21-14-8-2)39-45(48)33-25-18-12-6/h19,26-27,34-39H,7-18,20-25,28-33H2,1-6H3/q+1. The summed E-state index contributed by atoms with van der Waals surface area (Å²) < 4.78 is 0. The van der Waals surface area contributed by atoms with Gasteiger partial charge in [-0.1, -0.05) is 161 Å². The summed E-state index contributed by atoms with van der Waals surface area (Å²) in [6, 6.07) is 22.6. The summed E-state index contributed by atoms with van der Waals surface area (Å²) in [6.45, 7) is 14.1. The SMILES string of the molecule is CCCCCc1cc(CCCCC)c([S+](c2ccccc2)c2c(CCCCC)cc(CCCCC)cc2CCCCC)c(CCCCC)c1. The Morgan fingerprint density at radius 3 is 0.918 bits per heavy atom. The smallest absolute Gasteiger partial charge is 0.0654 e. The van der Waals surface area contributed by atoms with Crippen molar-refractivity contribution in [3.63, 3.8) is 0 Å². The van der Waals surface area contributed by atoms with Crippen LogP contribution < -0.4 is 0 Å². The summed E-state index contributed by atoms with van der Waals surface area (Å²) >= 11 is 0. The van der Waals surface area contributed by atoms with Crippen molar-refractivity contribution < 1.29 is 0 Å². The minimum absolute atomic E-state index is 0.114. The monoisotopic (exact) mass is 684 g/mol. The third-order valence-corrected chi connectivity index (χ3v) is 12.9. The molecule has 3 rings (SSSR count). The summed E-state index contributed by atoms with van der Waals surface area (Å²) in [5.41, 5.74) is 9.90. The largest absolute Gasteiger partial charge is 0.172 e. The second-order valence-electron chi connectivity index (χ2n) is 14.8. The van der Waals surface area contributed by atoms with E-state index in [0.29, 0.717) is 0 Å². The number of unbranched alkanes of at least 4 members (excludes halogenated alkanes) is 12. The van der Waals surface area contributed by atoms with Gasteiger partial charge >= 0.3 is 0 Å². The number of hydrogen-bond acceptors (Lipinski definition) is 0. The van der Waals surface area contributed by atoms with E-state index in [9.17, 15) is 0 Å². The number of rotatable bonds is 27. The van der Waals surface area contributed by atoms with Crippen LogP contribution in [0, 0.1) is 0 Å². The number of benzene rings is 3. The van der Waals surface area contributed by atoms with Crippen molar-refractivity contribution in [1.29, 1.82) is 0 Å². The highest BCUT2D eigenvalue weighted by Crippen LogP contribution is 2.42. The maximum Gasteiger partial charge on any atom is 0.172 e. The average molecular weight is 684 g/mol. The van der Waals surface area contributed by atoms with E-state index in [1.165, 1.54) is 159 Å². The fraction of sp³-hybridized carbons (Fsp3) is 0.625. The molecule has 0 saturated heterocycles. The van der Waals surface area contributed by atoms with Gasteiger partial charge in [0.25, 0.3) is 0 Å². The highest BCUT2D eigenvalue weighted by atomic mass is 32.2. The molecule has 0 fully saturated rings. The molecular weight excluding hydrogens is 609 g/mol. The molecule has 0 aliphatic heterocycles. The summed E-state index contributed by atoms with van der Waals surface area (Å²) in [6.07, 6.45) is 30.8. The first-order valence-electron chi connectivity index (χ1n) is 21.2. The molecule has 0 bridgehead atoms. The van der Waals surface area contributed by atoms with Crippen LogP contribution in [-0.4, -0.2) is 0 Å². The second-order valence-corrected chi connectivity index (χ2v) is 16.7. The molecule has 1 heteroatoms. The lowest BCUT2D eigenvalue weighted by Gasteiger charge is -2.22. The van der Waals surface area contributed by atoms with E-state index < -0.39 is 0 Å². The van der Waals surface area contributed by atoms with Crippen LogP contribution in [0.25, 0.3) is 0 Å². The third-order valence-electron chi connectivity index (χ3n) is 10.3. The molecule has 0 aliphatic rings. The van der Waals surface area contributed by atoms with Crippen LogP contribution in [-0.2, 0) is 49.4 Å². The van der Waals surface area contributed by atoms with Crippen LogP contribution in [0.4, 0.5) is 0 Å². The maximum absolute atomic E-state index is 2.69. The average Bonchev–Trinajstić information content (AvgIpc) is 3.11. The lowest BCUT2D eigenvalue weighted by Crippen LogP contribution is -2.17. The van der Waals surface area contributed by atoms with Gasteiger partial charge in [-0.2, -0.15) is 0 Å². The molecule has 272 valence electrons. The van der Waals surface area contributed by atoms with E-state index in [4.69, 9.17) is 0 Å². The molecule has 49 heavy (non-hydrogen) atoms. The van der Waals surface area contributed by atoms with Gasteiger partial charge in [-0.3, -0.25) is 0 Å². The van der Waals surface area contributed by atoms with Gasteiger partial charge in [-0.25, -0.2) is 0 Å². The summed E-state index contributed by atoms with van der Waals surface area (Å²) in [4.78, 5) is 4.96. The fourth-order valence-corrected chi connectivity index (χ4v) is 10.3. The molecule has 3 aromatic carbocycles. The van der Waals surface area contributed by atoms with Crippen molar-refractivity contribution in [2.24, 2.45) is 0 Å². The van der Waals surface area contributed by atoms with Crippen LogP contribution in [0.1, 0.15) is 190 Å². The van der Waals surface area contributed by atoms with E-state index >= 15 is 0 Å². The quantitative estimate of drug-likeness (QED) is 0.0554. The first kappa shape index (κ1) is 41.4. The van der Waals surface area contributed by atoms with Crippen LogP contribution in [0.5, 0.6) is 0 Å². The third kappa shape index (κ3) is 13.9. The van der Waals surface area contributed by atoms with E-state index in [1.807, 2.05) is 0 Å². The minimum atomic E-state index is -0.114. The zero-order valence-corrected chi connectivity index (χ0v) is 33.9. The Morgan fingerprint density at radius 2 is 0.633 bits per heavy atom. The maximum atomic E-state index is 2.69. The zero-order chi connectivity index (χ0) is 35.1. The van der Waals surface area contributed by atoms with Crippen molar-refractivity contribution in [2.75, 3.05) is 0 Å². The molecule has 0 amide bonds. The van der Waals surface area contributed by atoms with Gasteiger partial charge in [0.2, 0.25) is 0 Å². The van der Waals surface area contributed by atoms with Gasteiger partial charge in [0.05, 0.1) is 0 Å². The summed E-state index contributed by atoms with van der Waals surface area (Å²) in [5.74, 6) is 0. The van der Waals surface area contributed by atoms with Crippen molar-refractivity contribution in [3.05, 3.63) is 88.0 Å². The van der Waals surface area contributed by atoms with E-state index in [1.54, 1.807) is 43.2 Å². The molecule has 3 aromatic rings. The minimum Gasteiger partial charge on any atom is -0.0654 e. The molecule has 0 radical (unpaired) electrons. The highest BCUT2D eigenvalue weighted by Gasteiger charge is 2.38. The second kappa shape index (κ2) is 25.0. The Hall–Kier alpha value is -1.99. The fourth-order valence-electron chi connectivity index (χ4n) is 7.52. The predicted octanol–water partition coefficient (Wildman–Crippen LogP) is 15.2. The molecule has 0 unspecified atom stereocenters. The molecule has 0 N–H and O–H groups in total. The van der Waals surface area contributed by atoms with Crippen LogP contribution in [0.15, 0.2) is 69.3 Å². The Balaban J connectivity index is 2.39.